The van der Waals surface area contributed by atoms with Gasteiger partial charge in [-0.05, 0) is 46.0 Å². The van der Waals surface area contributed by atoms with Crippen molar-refractivity contribution in [3.8, 4) is 5.95 Å². The molecule has 0 saturated heterocycles. The lowest BCUT2D eigenvalue weighted by molar-refractivity contribution is 0.0941. The molecule has 2 atom stereocenters. The van der Waals surface area contributed by atoms with Crippen LogP contribution in [0.2, 0.25) is 0 Å². The van der Waals surface area contributed by atoms with Crippen molar-refractivity contribution in [3.63, 3.8) is 0 Å². The van der Waals surface area contributed by atoms with Gasteiger partial charge in [-0.3, -0.25) is 14.6 Å². The van der Waals surface area contributed by atoms with Crippen LogP contribution in [0.5, 0.6) is 0 Å². The molecule has 2 unspecified atom stereocenters. The van der Waals surface area contributed by atoms with Crippen LogP contribution in [-0.2, 0) is 9.09 Å². The number of carbonyl (C=O) groups excluding carboxylic acids is 1. The van der Waals surface area contributed by atoms with Crippen LogP contribution < -0.4 is 16.2 Å². The Labute approximate surface area is 188 Å². The largest absolute Gasteiger partial charge is 0.548 e. The van der Waals surface area contributed by atoms with Crippen LogP contribution in [0.15, 0.2) is 78.0 Å². The third-order valence-corrected chi connectivity index (χ3v) is 5.89. The van der Waals surface area contributed by atoms with Crippen LogP contribution in [0.4, 0.5) is 4.39 Å². The summed E-state index contributed by atoms with van der Waals surface area (Å²) in [7, 11) is -0.643. The van der Waals surface area contributed by atoms with Crippen molar-refractivity contribution in [2.24, 2.45) is 0 Å². The van der Waals surface area contributed by atoms with Crippen molar-refractivity contribution in [1.29, 1.82) is 0 Å². The maximum absolute atomic E-state index is 13.5. The van der Waals surface area contributed by atoms with Crippen molar-refractivity contribution >= 4 is 19.2 Å². The summed E-state index contributed by atoms with van der Waals surface area (Å²) in [6.07, 6.45) is 4.30. The third-order valence-electron chi connectivity index (χ3n) is 4.83. The van der Waals surface area contributed by atoms with E-state index in [9.17, 15) is 18.5 Å². The van der Waals surface area contributed by atoms with Crippen molar-refractivity contribution in [2.75, 3.05) is 7.11 Å². The van der Waals surface area contributed by atoms with E-state index >= 15 is 0 Å². The van der Waals surface area contributed by atoms with E-state index in [1.54, 1.807) is 36.5 Å². The maximum Gasteiger partial charge on any atom is 0.548 e. The Morgan fingerprint density at radius 3 is 2.39 bits per heavy atom. The standard InChI is InChI=1S/C22H17FN5O4P/c1-32-33(31)17-9-5-15(6-10-17)19(14-3-7-16(23)8-4-14)26-20(29)18-13-24-22(27-21(18)30)28-12-2-11-25-28/h2-13,19H,1H3,(H-,24,26,27,29,30)/p+1. The van der Waals surface area contributed by atoms with E-state index in [4.69, 9.17) is 4.52 Å². The number of hydrogen-bond acceptors (Lipinski definition) is 6. The molecule has 9 nitrogen and oxygen atoms in total. The second kappa shape index (κ2) is 9.64. The van der Waals surface area contributed by atoms with Gasteiger partial charge in [-0.25, -0.2) is 14.1 Å². The molecular formula is C22H18FN5O4P+. The molecule has 166 valence electrons. The number of aromatic amines is 1. The van der Waals surface area contributed by atoms with Gasteiger partial charge >= 0.3 is 8.03 Å². The molecule has 0 aliphatic carbocycles. The van der Waals surface area contributed by atoms with E-state index in [1.165, 1.54) is 48.5 Å². The van der Waals surface area contributed by atoms with Gasteiger partial charge < -0.3 is 5.32 Å². The fourth-order valence-electron chi connectivity index (χ4n) is 3.17. The topological polar surface area (TPSA) is 119 Å². The van der Waals surface area contributed by atoms with E-state index in [0.29, 0.717) is 16.4 Å². The van der Waals surface area contributed by atoms with Gasteiger partial charge in [-0.2, -0.15) is 5.10 Å². The van der Waals surface area contributed by atoms with Crippen LogP contribution in [0.25, 0.3) is 5.95 Å². The monoisotopic (exact) mass is 466 g/mol. The lowest BCUT2D eigenvalue weighted by Gasteiger charge is -2.19. The Kier molecular flexibility index (Phi) is 6.48. The number of aromatic nitrogens is 4. The summed E-state index contributed by atoms with van der Waals surface area (Å²) in [5.41, 5.74) is 0.386. The number of nitrogens with one attached hydrogen (secondary N) is 2. The number of rotatable bonds is 7. The number of carbonyl (C=O) groups is 1. The molecule has 0 aliphatic heterocycles. The second-order valence-corrected chi connectivity index (χ2v) is 8.29. The predicted octanol–water partition coefficient (Wildman–Crippen LogP) is 2.63. The Balaban J connectivity index is 1.65. The summed E-state index contributed by atoms with van der Waals surface area (Å²) in [6.45, 7) is 0. The minimum atomic E-state index is -1.99. The average Bonchev–Trinajstić information content (AvgIpc) is 3.38. The van der Waals surface area contributed by atoms with Crippen LogP contribution in [0, 0.1) is 5.82 Å². The number of hydrogen-bond donors (Lipinski definition) is 2. The minimum absolute atomic E-state index is 0.166. The fourth-order valence-corrected chi connectivity index (χ4v) is 3.78. The molecule has 0 spiro atoms. The SMILES string of the molecule is CO[P+](=O)c1ccc(C(NC(=O)c2cnc(-n3cccn3)[nH]c2=O)c2ccc(F)cc2)cc1. The van der Waals surface area contributed by atoms with Crippen LogP contribution in [0.3, 0.4) is 0 Å². The highest BCUT2D eigenvalue weighted by atomic mass is 31.1. The molecule has 0 radical (unpaired) electrons. The zero-order valence-electron chi connectivity index (χ0n) is 17.3. The van der Waals surface area contributed by atoms with Gasteiger partial charge in [-0.1, -0.05) is 24.3 Å². The summed E-state index contributed by atoms with van der Waals surface area (Å²) in [4.78, 5) is 32.1. The summed E-state index contributed by atoms with van der Waals surface area (Å²) < 4.78 is 31.6. The lowest BCUT2D eigenvalue weighted by Crippen LogP contribution is -2.34. The predicted molar refractivity (Wildman–Crippen MR) is 118 cm³/mol. The van der Waals surface area contributed by atoms with Crippen molar-refractivity contribution in [1.82, 2.24) is 25.1 Å². The summed E-state index contributed by atoms with van der Waals surface area (Å²) >= 11 is 0. The van der Waals surface area contributed by atoms with E-state index < -0.39 is 31.4 Å². The highest BCUT2D eigenvalue weighted by Gasteiger charge is 2.23. The zero-order valence-corrected chi connectivity index (χ0v) is 18.2. The van der Waals surface area contributed by atoms with Crippen LogP contribution in [-0.4, -0.2) is 32.8 Å². The number of H-pyrrole nitrogens is 1. The highest BCUT2D eigenvalue weighted by Crippen LogP contribution is 2.25. The first-order valence-electron chi connectivity index (χ1n) is 9.73. The summed E-state index contributed by atoms with van der Waals surface area (Å²) in [5.74, 6) is -0.928. The van der Waals surface area contributed by atoms with Gasteiger partial charge in [0.1, 0.15) is 11.4 Å². The Hall–Kier alpha value is -4.01. The number of halogens is 1. The summed E-state index contributed by atoms with van der Waals surface area (Å²) in [5, 5.41) is 7.26. The molecule has 0 aliphatic rings. The Morgan fingerprint density at radius 2 is 1.82 bits per heavy atom. The molecule has 33 heavy (non-hydrogen) atoms. The molecule has 4 aromatic rings. The minimum Gasteiger partial charge on any atom is -0.341 e. The maximum atomic E-state index is 13.5. The highest BCUT2D eigenvalue weighted by molar-refractivity contribution is 7.48. The molecule has 2 heterocycles. The van der Waals surface area contributed by atoms with Crippen molar-refractivity contribution < 1.29 is 18.3 Å². The molecule has 0 bridgehead atoms. The first-order chi connectivity index (χ1) is 16.0. The molecule has 2 aromatic heterocycles. The van der Waals surface area contributed by atoms with Gasteiger partial charge in [-0.15, -0.1) is 4.52 Å². The van der Waals surface area contributed by atoms with Gasteiger partial charge in [0.25, 0.3) is 11.5 Å². The molecule has 4 rings (SSSR count). The fraction of sp³-hybridized carbons (Fsp3) is 0.0909. The quantitative estimate of drug-likeness (QED) is 0.404. The smallest absolute Gasteiger partial charge is 0.341 e. The molecule has 2 N–H and O–H groups in total. The van der Waals surface area contributed by atoms with Crippen LogP contribution >= 0.6 is 8.03 Å². The number of nitrogens with zero attached hydrogens (tertiary/aromatic N) is 3. The molecule has 0 fully saturated rings. The second-order valence-electron chi connectivity index (χ2n) is 6.89. The zero-order chi connectivity index (χ0) is 23.4. The van der Waals surface area contributed by atoms with E-state index in [2.05, 4.69) is 20.4 Å². The first-order valence-corrected chi connectivity index (χ1v) is 10.9. The van der Waals surface area contributed by atoms with E-state index in [-0.39, 0.29) is 11.5 Å². The Bertz CT molecular complexity index is 1340. The van der Waals surface area contributed by atoms with E-state index in [0.717, 1.165) is 0 Å². The number of amides is 1. The molecule has 11 heteroatoms. The third kappa shape index (κ3) is 4.92. The molecule has 2 aromatic carbocycles. The normalized spacial score (nSPS) is 12.2. The number of benzene rings is 2. The first kappa shape index (κ1) is 22.2. The molecule has 0 saturated carbocycles. The molecular weight excluding hydrogens is 448 g/mol. The molecule has 1 amide bonds. The Morgan fingerprint density at radius 1 is 1.15 bits per heavy atom. The summed E-state index contributed by atoms with van der Waals surface area (Å²) in [6, 6.07) is 13.2. The van der Waals surface area contributed by atoms with Gasteiger partial charge in [0.05, 0.1) is 13.2 Å². The lowest BCUT2D eigenvalue weighted by atomic mass is 9.98. The van der Waals surface area contributed by atoms with Gasteiger partial charge in [0, 0.05) is 18.6 Å². The van der Waals surface area contributed by atoms with E-state index in [1.807, 2.05) is 0 Å². The average molecular weight is 466 g/mol. The van der Waals surface area contributed by atoms with Crippen LogP contribution in [0.1, 0.15) is 27.5 Å². The van der Waals surface area contributed by atoms with Gasteiger partial charge in [0.15, 0.2) is 0 Å². The van der Waals surface area contributed by atoms with Gasteiger partial charge in [0.2, 0.25) is 11.3 Å². The van der Waals surface area contributed by atoms with Crippen molar-refractivity contribution in [3.05, 3.63) is 106 Å². The van der Waals surface area contributed by atoms with Crippen molar-refractivity contribution in [2.45, 2.75) is 6.04 Å².